The van der Waals surface area contributed by atoms with Gasteiger partial charge in [-0.05, 0) is 21.0 Å². The van der Waals surface area contributed by atoms with E-state index in [0.717, 1.165) is 0 Å². The number of likely N-dealkylation sites (N-methyl/N-ethyl adjacent to an activating group) is 1. The molecule has 4 heteroatoms. The number of rotatable bonds is 3. The topological polar surface area (TPSA) is 40.5 Å². The van der Waals surface area contributed by atoms with Gasteiger partial charge in [-0.15, -0.1) is 0 Å². The van der Waals surface area contributed by atoms with E-state index in [1.54, 1.807) is 0 Å². The van der Waals surface area contributed by atoms with Gasteiger partial charge in [0.15, 0.2) is 0 Å². The zero-order valence-electron chi connectivity index (χ0n) is 6.34. The summed E-state index contributed by atoms with van der Waals surface area (Å²) in [5.74, 6) is -1.13. The van der Waals surface area contributed by atoms with Crippen molar-refractivity contribution in [2.24, 2.45) is 0 Å². The number of aliphatic carboxylic acids is 1. The summed E-state index contributed by atoms with van der Waals surface area (Å²) in [4.78, 5) is 11.6. The molecular formula is C6H12FNO2. The van der Waals surface area contributed by atoms with Gasteiger partial charge in [0, 0.05) is 0 Å². The minimum atomic E-state index is -1.34. The maximum atomic E-state index is 12.4. The molecular weight excluding hydrogens is 137 g/mol. The Kier molecular flexibility index (Phi) is 3.28. The second-order valence-electron chi connectivity index (χ2n) is 2.42. The third-order valence-electron chi connectivity index (χ3n) is 1.24. The number of alkyl halides is 1. The molecule has 60 valence electrons. The minimum absolute atomic E-state index is 1.03. The molecule has 10 heavy (non-hydrogen) atoms. The first-order valence-corrected chi connectivity index (χ1v) is 3.00. The fourth-order valence-electron chi connectivity index (χ4n) is 0.828. The Balaban J connectivity index is 4.12. The van der Waals surface area contributed by atoms with E-state index in [0.29, 0.717) is 0 Å². The summed E-state index contributed by atoms with van der Waals surface area (Å²) in [5.41, 5.74) is 0. The molecule has 0 saturated heterocycles. The van der Waals surface area contributed by atoms with Gasteiger partial charge in [-0.2, -0.15) is 0 Å². The second-order valence-corrected chi connectivity index (χ2v) is 2.42. The summed E-state index contributed by atoms with van der Waals surface area (Å²) in [6.07, 6.45) is -1.34. The van der Waals surface area contributed by atoms with E-state index >= 15 is 0 Å². The molecule has 0 aliphatic carbocycles. The highest BCUT2D eigenvalue weighted by atomic mass is 19.1. The van der Waals surface area contributed by atoms with Gasteiger partial charge in [0.2, 0.25) is 0 Å². The van der Waals surface area contributed by atoms with Gasteiger partial charge in [-0.1, -0.05) is 0 Å². The summed E-state index contributed by atoms with van der Waals surface area (Å²) in [6.45, 7) is 1.23. The molecule has 0 aliphatic rings. The zero-order valence-corrected chi connectivity index (χ0v) is 6.34. The maximum Gasteiger partial charge on any atom is 0.323 e. The van der Waals surface area contributed by atoms with Gasteiger partial charge in [0.1, 0.15) is 12.2 Å². The van der Waals surface area contributed by atoms with E-state index in [2.05, 4.69) is 0 Å². The third kappa shape index (κ3) is 2.31. The van der Waals surface area contributed by atoms with E-state index in [1.807, 2.05) is 0 Å². The Bertz CT molecular complexity index is 117. The second kappa shape index (κ2) is 3.51. The van der Waals surface area contributed by atoms with Crippen molar-refractivity contribution < 1.29 is 14.3 Å². The minimum Gasteiger partial charge on any atom is -0.480 e. The molecule has 0 fully saturated rings. The van der Waals surface area contributed by atoms with Crippen LogP contribution in [0.4, 0.5) is 4.39 Å². The van der Waals surface area contributed by atoms with Gasteiger partial charge in [0.05, 0.1) is 0 Å². The molecule has 3 nitrogen and oxygen atoms in total. The lowest BCUT2D eigenvalue weighted by Gasteiger charge is -2.20. The van der Waals surface area contributed by atoms with Gasteiger partial charge in [-0.25, -0.2) is 4.39 Å². The molecule has 0 aliphatic heterocycles. The van der Waals surface area contributed by atoms with Crippen molar-refractivity contribution in [2.45, 2.75) is 19.1 Å². The normalized spacial score (nSPS) is 16.9. The van der Waals surface area contributed by atoms with Crippen molar-refractivity contribution in [3.05, 3.63) is 0 Å². The van der Waals surface area contributed by atoms with E-state index in [-0.39, 0.29) is 0 Å². The number of halogens is 1. The van der Waals surface area contributed by atoms with E-state index < -0.39 is 18.2 Å². The number of carbonyl (C=O) groups is 1. The van der Waals surface area contributed by atoms with E-state index in [4.69, 9.17) is 5.11 Å². The molecule has 0 radical (unpaired) electrons. The number of carboxylic acids is 1. The number of hydrogen-bond acceptors (Lipinski definition) is 2. The Morgan fingerprint density at radius 3 is 2.00 bits per heavy atom. The van der Waals surface area contributed by atoms with Crippen LogP contribution in [0.1, 0.15) is 6.92 Å². The quantitative estimate of drug-likeness (QED) is 0.629. The molecule has 0 aromatic rings. The van der Waals surface area contributed by atoms with Crippen LogP contribution >= 0.6 is 0 Å². The van der Waals surface area contributed by atoms with Gasteiger partial charge in [0.25, 0.3) is 0 Å². The summed E-state index contributed by atoms with van der Waals surface area (Å²) >= 11 is 0. The van der Waals surface area contributed by atoms with Crippen molar-refractivity contribution >= 4 is 5.97 Å². The molecule has 0 aromatic heterocycles. The number of nitrogens with zero attached hydrogens (tertiary/aromatic N) is 1. The van der Waals surface area contributed by atoms with Gasteiger partial charge in [-0.3, -0.25) is 9.69 Å². The Labute approximate surface area is 59.4 Å². The van der Waals surface area contributed by atoms with Crippen LogP contribution in [0, 0.1) is 0 Å². The molecule has 2 unspecified atom stereocenters. The largest absolute Gasteiger partial charge is 0.480 e. The average molecular weight is 149 g/mol. The lowest BCUT2D eigenvalue weighted by Crippen LogP contribution is -2.41. The van der Waals surface area contributed by atoms with Crippen LogP contribution in [0.25, 0.3) is 0 Å². The average Bonchev–Trinajstić information content (AvgIpc) is 1.59. The molecule has 0 aromatic carbocycles. The van der Waals surface area contributed by atoms with Crippen LogP contribution in [0.5, 0.6) is 0 Å². The molecule has 0 saturated carbocycles. The molecule has 0 rings (SSSR count). The lowest BCUT2D eigenvalue weighted by atomic mass is 10.2. The van der Waals surface area contributed by atoms with Crippen LogP contribution in [-0.4, -0.2) is 42.3 Å². The summed E-state index contributed by atoms with van der Waals surface area (Å²) in [6, 6.07) is -1.03. The summed E-state index contributed by atoms with van der Waals surface area (Å²) in [7, 11) is 3.07. The first kappa shape index (κ1) is 9.36. The molecule has 1 N–H and O–H groups in total. The van der Waals surface area contributed by atoms with Crippen LogP contribution in [0.3, 0.4) is 0 Å². The number of hydrogen-bond donors (Lipinski definition) is 1. The van der Waals surface area contributed by atoms with Crippen molar-refractivity contribution in [1.29, 1.82) is 0 Å². The highest BCUT2D eigenvalue weighted by Crippen LogP contribution is 2.03. The molecule has 0 bridgehead atoms. The highest BCUT2D eigenvalue weighted by molar-refractivity contribution is 5.74. The first-order chi connectivity index (χ1) is 4.46. The molecule has 0 amide bonds. The first-order valence-electron chi connectivity index (χ1n) is 3.00. The Morgan fingerprint density at radius 1 is 1.60 bits per heavy atom. The molecule has 0 spiro atoms. The fourth-order valence-corrected chi connectivity index (χ4v) is 0.828. The van der Waals surface area contributed by atoms with Crippen molar-refractivity contribution in [1.82, 2.24) is 4.90 Å². The number of carboxylic acid groups (broad SMARTS) is 1. The van der Waals surface area contributed by atoms with Crippen molar-refractivity contribution in [3.63, 3.8) is 0 Å². The molecule has 2 atom stereocenters. The Hall–Kier alpha value is -0.640. The monoisotopic (exact) mass is 149 g/mol. The van der Waals surface area contributed by atoms with E-state index in [9.17, 15) is 9.18 Å². The molecule has 0 heterocycles. The SMILES string of the molecule is CC(F)C(C(=O)O)N(C)C. The lowest BCUT2D eigenvalue weighted by molar-refractivity contribution is -0.144. The van der Waals surface area contributed by atoms with Crippen LogP contribution in [-0.2, 0) is 4.79 Å². The maximum absolute atomic E-state index is 12.4. The van der Waals surface area contributed by atoms with Crippen LogP contribution < -0.4 is 0 Å². The highest BCUT2D eigenvalue weighted by Gasteiger charge is 2.26. The predicted molar refractivity (Wildman–Crippen MR) is 35.7 cm³/mol. The summed E-state index contributed by atoms with van der Waals surface area (Å²) in [5, 5.41) is 8.43. The smallest absolute Gasteiger partial charge is 0.323 e. The van der Waals surface area contributed by atoms with Crippen molar-refractivity contribution in [3.8, 4) is 0 Å². The fraction of sp³-hybridized carbons (Fsp3) is 0.833. The Morgan fingerprint density at radius 2 is 2.00 bits per heavy atom. The van der Waals surface area contributed by atoms with Gasteiger partial charge >= 0.3 is 5.97 Å². The standard InChI is InChI=1S/C6H12FNO2/c1-4(7)5(6(9)10)8(2)3/h4-5H,1-3H3,(H,9,10). The van der Waals surface area contributed by atoms with Crippen molar-refractivity contribution in [2.75, 3.05) is 14.1 Å². The van der Waals surface area contributed by atoms with E-state index in [1.165, 1.54) is 25.9 Å². The third-order valence-corrected chi connectivity index (χ3v) is 1.24. The zero-order chi connectivity index (χ0) is 8.31. The van der Waals surface area contributed by atoms with Crippen LogP contribution in [0.15, 0.2) is 0 Å². The predicted octanol–water partition coefficient (Wildman–Crippen LogP) is 0.359. The van der Waals surface area contributed by atoms with Gasteiger partial charge < -0.3 is 5.11 Å². The van der Waals surface area contributed by atoms with Crippen LogP contribution in [0.2, 0.25) is 0 Å². The summed E-state index contributed by atoms with van der Waals surface area (Å²) < 4.78 is 12.4.